The zero-order chi connectivity index (χ0) is 23.3. The number of aromatic nitrogens is 1. The average molecular weight is 470 g/mol. The molecule has 0 bridgehead atoms. The lowest BCUT2D eigenvalue weighted by Crippen LogP contribution is -2.44. The number of ketones is 1. The van der Waals surface area contributed by atoms with Crippen molar-refractivity contribution in [1.29, 1.82) is 0 Å². The standard InChI is InChI=1S/C26H35N3O3S/c1-33(31,32)24-10-8-21(9-11-24)25-12-7-20(18-28-25)17-27-23-13-15-29(16-14-23)19-26(30)22-5-3-2-4-6-22/h7-12,18,22-23,27H,2-6,13-17,19H2,1H3. The van der Waals surface area contributed by atoms with Crippen LogP contribution < -0.4 is 5.32 Å². The smallest absolute Gasteiger partial charge is 0.175 e. The summed E-state index contributed by atoms with van der Waals surface area (Å²) in [6, 6.07) is 11.3. The van der Waals surface area contributed by atoms with Crippen LogP contribution in [-0.2, 0) is 21.2 Å². The number of piperidine rings is 1. The number of hydrogen-bond donors (Lipinski definition) is 1. The first kappa shape index (κ1) is 24.0. The van der Waals surface area contributed by atoms with Gasteiger partial charge in [-0.2, -0.15) is 0 Å². The van der Waals surface area contributed by atoms with Gasteiger partial charge in [0.25, 0.3) is 0 Å². The van der Waals surface area contributed by atoms with Crippen LogP contribution in [0.25, 0.3) is 11.3 Å². The topological polar surface area (TPSA) is 79.4 Å². The fourth-order valence-electron chi connectivity index (χ4n) is 4.90. The van der Waals surface area contributed by atoms with E-state index >= 15 is 0 Å². The zero-order valence-corrected chi connectivity index (χ0v) is 20.3. The van der Waals surface area contributed by atoms with Gasteiger partial charge >= 0.3 is 0 Å². The number of nitrogens with zero attached hydrogens (tertiary/aromatic N) is 2. The van der Waals surface area contributed by atoms with Crippen LogP contribution in [0.15, 0.2) is 47.5 Å². The minimum atomic E-state index is -3.19. The van der Waals surface area contributed by atoms with E-state index in [2.05, 4.69) is 21.3 Å². The maximum absolute atomic E-state index is 12.6. The van der Waals surface area contributed by atoms with E-state index in [-0.39, 0.29) is 0 Å². The van der Waals surface area contributed by atoms with Crippen LogP contribution in [0, 0.1) is 5.92 Å². The molecular formula is C26H35N3O3S. The van der Waals surface area contributed by atoms with Gasteiger partial charge in [0, 0.05) is 49.6 Å². The van der Waals surface area contributed by atoms with Gasteiger partial charge in [0.1, 0.15) is 5.78 Å². The lowest BCUT2D eigenvalue weighted by molar-refractivity contribution is -0.125. The Bertz CT molecular complexity index is 1020. The highest BCUT2D eigenvalue weighted by atomic mass is 32.2. The number of nitrogens with one attached hydrogen (secondary N) is 1. The monoisotopic (exact) mass is 469 g/mol. The molecule has 0 radical (unpaired) electrons. The molecule has 33 heavy (non-hydrogen) atoms. The third-order valence-corrected chi connectivity index (χ3v) is 8.15. The SMILES string of the molecule is CS(=O)(=O)c1ccc(-c2ccc(CNC3CCN(CC(=O)C4CCCCC4)CC3)cn2)cc1. The van der Waals surface area contributed by atoms with Crippen LogP contribution in [0.5, 0.6) is 0 Å². The molecule has 2 heterocycles. The van der Waals surface area contributed by atoms with E-state index in [0.717, 1.165) is 62.1 Å². The molecule has 2 aromatic rings. The molecule has 1 aliphatic carbocycles. The molecule has 1 N–H and O–H groups in total. The molecule has 1 aromatic heterocycles. The van der Waals surface area contributed by atoms with Gasteiger partial charge in [-0.1, -0.05) is 37.5 Å². The van der Waals surface area contributed by atoms with E-state index in [1.165, 1.54) is 25.5 Å². The molecule has 0 spiro atoms. The minimum absolute atomic E-state index is 0.308. The van der Waals surface area contributed by atoms with E-state index in [9.17, 15) is 13.2 Å². The van der Waals surface area contributed by atoms with Crippen LogP contribution in [-0.4, -0.2) is 56.0 Å². The van der Waals surface area contributed by atoms with Gasteiger partial charge in [0.05, 0.1) is 17.1 Å². The Balaban J connectivity index is 1.21. The highest BCUT2D eigenvalue weighted by molar-refractivity contribution is 7.90. The summed E-state index contributed by atoms with van der Waals surface area (Å²) in [6.45, 7) is 3.37. The molecule has 2 fully saturated rings. The maximum Gasteiger partial charge on any atom is 0.175 e. The summed E-state index contributed by atoms with van der Waals surface area (Å²) in [5.74, 6) is 0.765. The molecule has 1 saturated heterocycles. The molecule has 178 valence electrons. The number of rotatable bonds is 8. The Kier molecular flexibility index (Phi) is 7.94. The second-order valence-electron chi connectivity index (χ2n) is 9.58. The Hall–Kier alpha value is -2.09. The third kappa shape index (κ3) is 6.71. The first-order valence-corrected chi connectivity index (χ1v) is 14.0. The molecule has 0 unspecified atom stereocenters. The molecule has 1 aromatic carbocycles. The van der Waals surface area contributed by atoms with Gasteiger partial charge in [-0.05, 0) is 49.4 Å². The summed E-state index contributed by atoms with van der Waals surface area (Å²) in [5, 5.41) is 3.64. The number of carbonyl (C=O) groups is 1. The van der Waals surface area contributed by atoms with E-state index in [4.69, 9.17) is 0 Å². The largest absolute Gasteiger partial charge is 0.310 e. The minimum Gasteiger partial charge on any atom is -0.310 e. The summed E-state index contributed by atoms with van der Waals surface area (Å²) in [7, 11) is -3.19. The number of sulfone groups is 1. The maximum atomic E-state index is 12.6. The second kappa shape index (κ2) is 10.9. The summed E-state index contributed by atoms with van der Waals surface area (Å²) < 4.78 is 23.2. The van der Waals surface area contributed by atoms with Gasteiger partial charge in [0.15, 0.2) is 9.84 Å². The molecular weight excluding hydrogens is 434 g/mol. The summed E-state index contributed by atoms with van der Waals surface area (Å²) in [4.78, 5) is 19.8. The van der Waals surface area contributed by atoms with Gasteiger partial charge in [-0.3, -0.25) is 14.7 Å². The van der Waals surface area contributed by atoms with Gasteiger partial charge in [-0.25, -0.2) is 8.42 Å². The van der Waals surface area contributed by atoms with Crippen molar-refractivity contribution in [1.82, 2.24) is 15.2 Å². The van der Waals surface area contributed by atoms with Crippen LogP contribution in [0.4, 0.5) is 0 Å². The highest BCUT2D eigenvalue weighted by Gasteiger charge is 2.25. The molecule has 0 atom stereocenters. The predicted molar refractivity (Wildman–Crippen MR) is 131 cm³/mol. The number of pyridine rings is 1. The number of benzene rings is 1. The van der Waals surface area contributed by atoms with E-state index < -0.39 is 9.84 Å². The van der Waals surface area contributed by atoms with Crippen LogP contribution >= 0.6 is 0 Å². The fraction of sp³-hybridized carbons (Fsp3) is 0.538. The lowest BCUT2D eigenvalue weighted by atomic mass is 9.86. The van der Waals surface area contributed by atoms with Crippen molar-refractivity contribution in [3.05, 3.63) is 48.2 Å². The average Bonchev–Trinajstić information content (AvgIpc) is 2.84. The fourth-order valence-corrected chi connectivity index (χ4v) is 5.53. The highest BCUT2D eigenvalue weighted by Crippen LogP contribution is 2.25. The molecule has 1 saturated carbocycles. The Morgan fingerprint density at radius 1 is 1.00 bits per heavy atom. The van der Waals surface area contributed by atoms with Gasteiger partial charge in [0.2, 0.25) is 0 Å². The molecule has 7 heteroatoms. The van der Waals surface area contributed by atoms with E-state index in [1.54, 1.807) is 24.3 Å². The van der Waals surface area contributed by atoms with Crippen molar-refractivity contribution in [2.24, 2.45) is 5.92 Å². The summed E-state index contributed by atoms with van der Waals surface area (Å²) in [6.07, 6.45) is 11.1. The molecule has 6 nitrogen and oxygen atoms in total. The first-order chi connectivity index (χ1) is 15.9. The molecule has 2 aliphatic rings. The summed E-state index contributed by atoms with van der Waals surface area (Å²) >= 11 is 0. The number of Topliss-reactive ketones (excluding diaryl/α,β-unsaturated/α-hetero) is 1. The molecule has 4 rings (SSSR count). The Labute approximate surface area is 197 Å². The van der Waals surface area contributed by atoms with Crippen molar-refractivity contribution >= 4 is 15.6 Å². The van der Waals surface area contributed by atoms with Crippen molar-refractivity contribution in [3.63, 3.8) is 0 Å². The lowest BCUT2D eigenvalue weighted by Gasteiger charge is -2.33. The van der Waals surface area contributed by atoms with Crippen molar-refractivity contribution in [3.8, 4) is 11.3 Å². The van der Waals surface area contributed by atoms with Crippen molar-refractivity contribution in [2.75, 3.05) is 25.9 Å². The van der Waals surface area contributed by atoms with Crippen molar-refractivity contribution < 1.29 is 13.2 Å². The molecule has 0 amide bonds. The number of likely N-dealkylation sites (tertiary alicyclic amines) is 1. The van der Waals surface area contributed by atoms with Crippen LogP contribution in [0.2, 0.25) is 0 Å². The van der Waals surface area contributed by atoms with Crippen LogP contribution in [0.3, 0.4) is 0 Å². The first-order valence-electron chi connectivity index (χ1n) is 12.1. The van der Waals surface area contributed by atoms with E-state index in [1.807, 2.05) is 12.3 Å². The molecule has 1 aliphatic heterocycles. The number of hydrogen-bond acceptors (Lipinski definition) is 6. The second-order valence-corrected chi connectivity index (χ2v) is 11.6. The Morgan fingerprint density at radius 2 is 1.70 bits per heavy atom. The van der Waals surface area contributed by atoms with Gasteiger partial charge < -0.3 is 5.32 Å². The van der Waals surface area contributed by atoms with Crippen molar-refractivity contribution in [2.45, 2.75) is 62.4 Å². The normalized spacial score (nSPS) is 18.9. The van der Waals surface area contributed by atoms with E-state index in [0.29, 0.717) is 29.2 Å². The third-order valence-electron chi connectivity index (χ3n) is 7.03. The van der Waals surface area contributed by atoms with Crippen LogP contribution in [0.1, 0.15) is 50.5 Å². The quantitative estimate of drug-likeness (QED) is 0.633. The Morgan fingerprint density at radius 3 is 2.30 bits per heavy atom. The zero-order valence-electron chi connectivity index (χ0n) is 19.5. The number of carbonyl (C=O) groups excluding carboxylic acids is 1. The predicted octanol–water partition coefficient (Wildman–Crippen LogP) is 3.86. The summed E-state index contributed by atoms with van der Waals surface area (Å²) in [5.41, 5.74) is 2.85. The van der Waals surface area contributed by atoms with Gasteiger partial charge in [-0.15, -0.1) is 0 Å².